The topological polar surface area (TPSA) is 47.8 Å². The predicted octanol–water partition coefficient (Wildman–Crippen LogP) is 3.15. The first-order valence-electron chi connectivity index (χ1n) is 5.90. The van der Waals surface area contributed by atoms with E-state index in [0.29, 0.717) is 21.1 Å². The monoisotopic (exact) mass is 305 g/mol. The van der Waals surface area contributed by atoms with Crippen LogP contribution in [-0.4, -0.2) is 14.8 Å². The van der Waals surface area contributed by atoms with Crippen LogP contribution < -0.4 is 5.56 Å². The third-order valence-electron chi connectivity index (χ3n) is 2.98. The summed E-state index contributed by atoms with van der Waals surface area (Å²) in [6, 6.07) is 8.87. The quantitative estimate of drug-likeness (QED) is 0.683. The molecule has 4 nitrogen and oxygen atoms in total. The van der Waals surface area contributed by atoms with Crippen LogP contribution in [0.5, 0.6) is 0 Å². The molecule has 3 rings (SSSR count). The number of rotatable bonds is 2. The Labute approximate surface area is 124 Å². The molecule has 2 heterocycles. The molecule has 0 radical (unpaired) electrons. The summed E-state index contributed by atoms with van der Waals surface area (Å²) >= 11 is 11.8. The number of pyridine rings is 1. The van der Waals surface area contributed by atoms with E-state index in [1.54, 1.807) is 24.5 Å². The van der Waals surface area contributed by atoms with Gasteiger partial charge in [-0.25, -0.2) is 9.67 Å². The van der Waals surface area contributed by atoms with Gasteiger partial charge in [-0.1, -0.05) is 41.4 Å². The summed E-state index contributed by atoms with van der Waals surface area (Å²) in [6.07, 6.45) is 3.21. The van der Waals surface area contributed by atoms with Gasteiger partial charge in [0.1, 0.15) is 5.15 Å². The lowest BCUT2D eigenvalue weighted by molar-refractivity contribution is 0.646. The Kier molecular flexibility index (Phi) is 3.42. The van der Waals surface area contributed by atoms with Crippen molar-refractivity contribution in [2.24, 2.45) is 0 Å². The predicted molar refractivity (Wildman–Crippen MR) is 79.4 cm³/mol. The zero-order chi connectivity index (χ0) is 14.1. The average molecular weight is 306 g/mol. The van der Waals surface area contributed by atoms with Crippen molar-refractivity contribution >= 4 is 34.0 Å². The van der Waals surface area contributed by atoms with Gasteiger partial charge >= 0.3 is 0 Å². The zero-order valence-corrected chi connectivity index (χ0v) is 11.8. The lowest BCUT2D eigenvalue weighted by Crippen LogP contribution is -2.23. The van der Waals surface area contributed by atoms with Crippen LogP contribution in [0.15, 0.2) is 47.5 Å². The SMILES string of the molecule is O=c1c2ccccc2cnn1Cc1cnc(Cl)cc1Cl. The minimum atomic E-state index is -0.158. The Morgan fingerprint density at radius 3 is 2.75 bits per heavy atom. The van der Waals surface area contributed by atoms with E-state index < -0.39 is 0 Å². The molecule has 6 heteroatoms. The molecule has 0 saturated carbocycles. The second-order valence-electron chi connectivity index (χ2n) is 4.29. The van der Waals surface area contributed by atoms with Crippen LogP contribution in [-0.2, 0) is 6.54 Å². The summed E-state index contributed by atoms with van der Waals surface area (Å²) in [7, 11) is 0. The van der Waals surface area contributed by atoms with Gasteiger partial charge in [-0.2, -0.15) is 5.10 Å². The third-order valence-corrected chi connectivity index (χ3v) is 3.54. The molecule has 0 saturated heterocycles. The number of halogens is 2. The maximum Gasteiger partial charge on any atom is 0.274 e. The van der Waals surface area contributed by atoms with E-state index in [1.165, 1.54) is 4.68 Å². The van der Waals surface area contributed by atoms with Crippen molar-refractivity contribution in [2.75, 3.05) is 0 Å². The summed E-state index contributed by atoms with van der Waals surface area (Å²) in [5.74, 6) is 0. The molecule has 1 aromatic carbocycles. The number of aromatic nitrogens is 3. The van der Waals surface area contributed by atoms with Crippen molar-refractivity contribution in [2.45, 2.75) is 6.54 Å². The Balaban J connectivity index is 2.07. The highest BCUT2D eigenvalue weighted by atomic mass is 35.5. The first kappa shape index (κ1) is 13.1. The first-order valence-corrected chi connectivity index (χ1v) is 6.65. The van der Waals surface area contributed by atoms with Crippen molar-refractivity contribution in [3.8, 4) is 0 Å². The molecule has 2 aromatic heterocycles. The molecule has 0 atom stereocenters. The lowest BCUT2D eigenvalue weighted by Gasteiger charge is -2.07. The highest BCUT2D eigenvalue weighted by Crippen LogP contribution is 2.19. The Bertz CT molecular complexity index is 845. The fourth-order valence-corrected chi connectivity index (χ4v) is 2.38. The number of hydrogen-bond acceptors (Lipinski definition) is 3. The van der Waals surface area contributed by atoms with Crippen LogP contribution in [0.2, 0.25) is 10.2 Å². The van der Waals surface area contributed by atoms with E-state index in [2.05, 4.69) is 10.1 Å². The third kappa shape index (κ3) is 2.40. The maximum absolute atomic E-state index is 12.3. The molecule has 20 heavy (non-hydrogen) atoms. The highest BCUT2D eigenvalue weighted by Gasteiger charge is 2.07. The van der Waals surface area contributed by atoms with Gasteiger partial charge in [-0.15, -0.1) is 0 Å². The number of benzene rings is 1. The molecular weight excluding hydrogens is 297 g/mol. The highest BCUT2D eigenvalue weighted by molar-refractivity contribution is 6.34. The van der Waals surface area contributed by atoms with E-state index in [4.69, 9.17) is 23.2 Å². The van der Waals surface area contributed by atoms with Crippen LogP contribution >= 0.6 is 23.2 Å². The molecule has 0 bridgehead atoms. The number of fused-ring (bicyclic) bond motifs is 1. The molecule has 0 amide bonds. The van der Waals surface area contributed by atoms with Crippen molar-refractivity contribution in [3.63, 3.8) is 0 Å². The second kappa shape index (κ2) is 5.23. The Hall–Kier alpha value is -1.91. The van der Waals surface area contributed by atoms with Crippen LogP contribution in [0.4, 0.5) is 0 Å². The molecule has 0 N–H and O–H groups in total. The fraction of sp³-hybridized carbons (Fsp3) is 0.0714. The summed E-state index contributed by atoms with van der Waals surface area (Å²) in [4.78, 5) is 16.3. The molecule has 0 aliphatic rings. The van der Waals surface area contributed by atoms with E-state index in [1.807, 2.05) is 18.2 Å². The van der Waals surface area contributed by atoms with Crippen LogP contribution in [0.25, 0.3) is 10.8 Å². The molecule has 0 spiro atoms. The van der Waals surface area contributed by atoms with Gasteiger partial charge in [0.05, 0.1) is 23.2 Å². The zero-order valence-electron chi connectivity index (χ0n) is 10.3. The standard InChI is InChI=1S/C14H9Cl2N3O/c15-12-5-13(16)17-6-10(12)8-19-14(20)11-4-2-1-3-9(11)7-18-19/h1-7H,8H2. The minimum Gasteiger partial charge on any atom is -0.267 e. The van der Waals surface area contributed by atoms with Gasteiger partial charge in [0, 0.05) is 17.1 Å². The van der Waals surface area contributed by atoms with Crippen molar-refractivity contribution in [1.82, 2.24) is 14.8 Å². The van der Waals surface area contributed by atoms with Crippen molar-refractivity contribution in [1.29, 1.82) is 0 Å². The van der Waals surface area contributed by atoms with Gasteiger partial charge in [-0.05, 0) is 12.1 Å². The molecule has 3 aromatic rings. The smallest absolute Gasteiger partial charge is 0.267 e. The lowest BCUT2D eigenvalue weighted by atomic mass is 10.2. The van der Waals surface area contributed by atoms with Crippen LogP contribution in [0.1, 0.15) is 5.56 Å². The number of hydrogen-bond donors (Lipinski definition) is 0. The van der Waals surface area contributed by atoms with E-state index in [0.717, 1.165) is 5.39 Å². The van der Waals surface area contributed by atoms with Crippen molar-refractivity contribution in [3.05, 3.63) is 68.8 Å². The van der Waals surface area contributed by atoms with E-state index in [-0.39, 0.29) is 12.1 Å². The molecular formula is C14H9Cl2N3O. The molecule has 0 fully saturated rings. The fourth-order valence-electron chi connectivity index (χ4n) is 1.95. The summed E-state index contributed by atoms with van der Waals surface area (Å²) < 4.78 is 1.36. The largest absolute Gasteiger partial charge is 0.274 e. The first-order chi connectivity index (χ1) is 9.65. The van der Waals surface area contributed by atoms with E-state index in [9.17, 15) is 4.79 Å². The second-order valence-corrected chi connectivity index (χ2v) is 5.09. The maximum atomic E-state index is 12.3. The summed E-state index contributed by atoms with van der Waals surface area (Å²) in [5, 5.41) is 6.37. The van der Waals surface area contributed by atoms with Gasteiger partial charge in [0.15, 0.2) is 0 Å². The van der Waals surface area contributed by atoms with Gasteiger partial charge in [0.2, 0.25) is 0 Å². The minimum absolute atomic E-state index is 0.158. The molecule has 100 valence electrons. The summed E-state index contributed by atoms with van der Waals surface area (Å²) in [5.41, 5.74) is 0.537. The molecule has 0 aliphatic heterocycles. The molecule has 0 unspecified atom stereocenters. The average Bonchev–Trinajstić information content (AvgIpc) is 2.45. The van der Waals surface area contributed by atoms with Crippen LogP contribution in [0.3, 0.4) is 0 Å². The summed E-state index contributed by atoms with van der Waals surface area (Å²) in [6.45, 7) is 0.257. The van der Waals surface area contributed by atoms with Gasteiger partial charge in [-0.3, -0.25) is 4.79 Å². The Morgan fingerprint density at radius 2 is 1.95 bits per heavy atom. The number of nitrogens with zero attached hydrogens (tertiary/aromatic N) is 3. The normalized spacial score (nSPS) is 10.9. The van der Waals surface area contributed by atoms with Gasteiger partial charge < -0.3 is 0 Å². The molecule has 0 aliphatic carbocycles. The van der Waals surface area contributed by atoms with E-state index >= 15 is 0 Å². The van der Waals surface area contributed by atoms with Gasteiger partial charge in [0.25, 0.3) is 5.56 Å². The van der Waals surface area contributed by atoms with Crippen molar-refractivity contribution < 1.29 is 0 Å². The van der Waals surface area contributed by atoms with Crippen LogP contribution in [0, 0.1) is 0 Å². The Morgan fingerprint density at radius 1 is 1.15 bits per heavy atom.